The van der Waals surface area contributed by atoms with E-state index < -0.39 is 0 Å². The van der Waals surface area contributed by atoms with Gasteiger partial charge >= 0.3 is 5.69 Å². The van der Waals surface area contributed by atoms with Gasteiger partial charge in [-0.2, -0.15) is 4.98 Å². The zero-order valence-electron chi connectivity index (χ0n) is 26.9. The molecule has 3 aromatic carbocycles. The van der Waals surface area contributed by atoms with E-state index in [1.807, 2.05) is 33.7 Å². The number of hydrogen-bond donors (Lipinski definition) is 0. The molecule has 2 bridgehead atoms. The van der Waals surface area contributed by atoms with E-state index in [-0.39, 0.29) is 29.7 Å². The molecule has 8 nitrogen and oxygen atoms in total. The molecule has 1 aliphatic carbocycles. The molecule has 9 heteroatoms. The summed E-state index contributed by atoms with van der Waals surface area (Å²) < 4.78 is 8.63. The van der Waals surface area contributed by atoms with E-state index in [2.05, 4.69) is 47.9 Å². The smallest absolute Gasteiger partial charge is 0.350 e. The van der Waals surface area contributed by atoms with Crippen molar-refractivity contribution in [1.82, 2.24) is 19.4 Å². The molecule has 3 aliphatic heterocycles. The molecule has 0 radical (unpaired) electrons. The van der Waals surface area contributed by atoms with Gasteiger partial charge in [0.2, 0.25) is 5.91 Å². The topological polar surface area (TPSA) is 70.9 Å². The molecule has 8 rings (SSSR count). The fourth-order valence-corrected chi connectivity index (χ4v) is 9.17. The van der Waals surface area contributed by atoms with E-state index in [1.54, 1.807) is 6.92 Å². The van der Waals surface area contributed by atoms with Gasteiger partial charge < -0.3 is 19.4 Å². The zero-order chi connectivity index (χ0) is 31.7. The molecule has 1 aromatic heterocycles. The van der Waals surface area contributed by atoms with Crippen molar-refractivity contribution >= 4 is 45.0 Å². The molecule has 5 atom stereocenters. The second-order valence-corrected chi connectivity index (χ2v) is 14.4. The average molecular weight is 640 g/mol. The molecule has 0 spiro atoms. The maximum atomic E-state index is 14.2. The lowest BCUT2D eigenvalue weighted by atomic mass is 9.95. The van der Waals surface area contributed by atoms with Crippen molar-refractivity contribution in [1.29, 1.82) is 0 Å². The minimum Gasteiger partial charge on any atom is -0.488 e. The number of amides is 1. The van der Waals surface area contributed by atoms with Gasteiger partial charge in [0.1, 0.15) is 12.4 Å². The molecule has 2 saturated heterocycles. The minimum atomic E-state index is -0.252. The molecule has 4 aromatic rings. The van der Waals surface area contributed by atoms with Gasteiger partial charge in [-0.05, 0) is 80.8 Å². The highest BCUT2D eigenvalue weighted by Gasteiger charge is 2.38. The Bertz CT molecular complexity index is 1900. The Morgan fingerprint density at radius 1 is 1.02 bits per heavy atom. The summed E-state index contributed by atoms with van der Waals surface area (Å²) in [5, 5.41) is 3.59. The number of likely N-dealkylation sites (tertiary alicyclic amines) is 1. The normalized spacial score (nSPS) is 25.9. The number of ether oxygens (including phenoxy) is 1. The number of benzene rings is 3. The molecule has 46 heavy (non-hydrogen) atoms. The molecule has 4 aliphatic rings. The van der Waals surface area contributed by atoms with Crippen molar-refractivity contribution in [3.8, 4) is 16.9 Å². The van der Waals surface area contributed by atoms with Gasteiger partial charge in [0.25, 0.3) is 0 Å². The first-order valence-electron chi connectivity index (χ1n) is 17.0. The van der Waals surface area contributed by atoms with Crippen molar-refractivity contribution in [3.05, 3.63) is 64.0 Å². The Hall–Kier alpha value is -3.62. The largest absolute Gasteiger partial charge is 0.488 e. The van der Waals surface area contributed by atoms with Gasteiger partial charge in [0, 0.05) is 55.6 Å². The summed E-state index contributed by atoms with van der Waals surface area (Å²) in [5.41, 5.74) is 2.31. The molecular weight excluding hydrogens is 598 g/mol. The van der Waals surface area contributed by atoms with Crippen molar-refractivity contribution < 1.29 is 9.53 Å². The van der Waals surface area contributed by atoms with Gasteiger partial charge in [-0.25, -0.2) is 4.79 Å². The number of halogens is 1. The van der Waals surface area contributed by atoms with E-state index in [0.29, 0.717) is 36.3 Å². The van der Waals surface area contributed by atoms with Crippen LogP contribution in [0, 0.1) is 5.92 Å². The Morgan fingerprint density at radius 3 is 2.63 bits per heavy atom. The third-order valence-electron chi connectivity index (χ3n) is 11.1. The van der Waals surface area contributed by atoms with Gasteiger partial charge in [-0.1, -0.05) is 54.1 Å². The zero-order valence-corrected chi connectivity index (χ0v) is 27.7. The quantitative estimate of drug-likeness (QED) is 0.239. The molecule has 0 unspecified atom stereocenters. The fourth-order valence-electron chi connectivity index (χ4n) is 8.88. The Kier molecular flexibility index (Phi) is 7.48. The summed E-state index contributed by atoms with van der Waals surface area (Å²) in [7, 11) is 0. The third-order valence-corrected chi connectivity index (χ3v) is 11.4. The number of fused-ring (bicyclic) bond motifs is 3. The lowest BCUT2D eigenvalue weighted by molar-refractivity contribution is -0.131. The molecule has 0 N–H and O–H groups in total. The Morgan fingerprint density at radius 2 is 1.85 bits per heavy atom. The van der Waals surface area contributed by atoms with Crippen LogP contribution in [-0.4, -0.2) is 76.2 Å². The van der Waals surface area contributed by atoms with E-state index in [1.165, 1.54) is 25.8 Å². The second kappa shape index (κ2) is 11.6. The number of piperidine rings is 1. The standard InChI is InChI=1S/C37H42ClN5O3/c1-22-19-42(23(2)18-41(22)24(3)44)36-31-17-32(38)33(30-12-6-9-26-8-4-5-11-29(26)30)35-34(31)43(37(45)39-36)28(21-46-35)10-7-15-40-20-25-13-14-27(40)16-25/h4-6,8-9,11-12,17,22-23,25,27-28H,7,10,13-16,18-21H2,1-3H3/t22-,23+,25+,27-,28-/m1/s1. The summed E-state index contributed by atoms with van der Waals surface area (Å²) in [6.45, 7) is 9.58. The second-order valence-electron chi connectivity index (χ2n) is 14.0. The lowest BCUT2D eigenvalue weighted by Gasteiger charge is -2.45. The minimum absolute atomic E-state index is 0.0179. The van der Waals surface area contributed by atoms with E-state index in [9.17, 15) is 9.59 Å². The van der Waals surface area contributed by atoms with Crippen LogP contribution < -0.4 is 15.3 Å². The first-order chi connectivity index (χ1) is 22.3. The first-order valence-corrected chi connectivity index (χ1v) is 17.3. The average Bonchev–Trinajstić information content (AvgIpc) is 3.67. The van der Waals surface area contributed by atoms with Gasteiger partial charge in [-0.15, -0.1) is 0 Å². The maximum Gasteiger partial charge on any atom is 0.350 e. The summed E-state index contributed by atoms with van der Waals surface area (Å²) in [5.74, 6) is 2.19. The number of piperazine rings is 1. The van der Waals surface area contributed by atoms with Gasteiger partial charge in [0.05, 0.1) is 16.6 Å². The maximum absolute atomic E-state index is 14.2. The van der Waals surface area contributed by atoms with Crippen molar-refractivity contribution in [2.75, 3.05) is 37.7 Å². The first kappa shape index (κ1) is 29.8. The van der Waals surface area contributed by atoms with Crippen molar-refractivity contribution in [2.24, 2.45) is 5.92 Å². The summed E-state index contributed by atoms with van der Waals surface area (Å²) in [6.07, 6.45) is 5.91. The lowest BCUT2D eigenvalue weighted by Crippen LogP contribution is -2.58. The SMILES string of the molecule is CC(=O)N1C[C@H](C)N(c2nc(=O)n3c4c(c(-c5cccc6ccccc56)c(Cl)cc24)OC[C@H]3CCCN2C[C@H]3CC[C@@H]2C3)C[C@H]1C. The van der Waals surface area contributed by atoms with Gasteiger partial charge in [-0.3, -0.25) is 9.36 Å². The highest BCUT2D eigenvalue weighted by molar-refractivity contribution is 6.35. The van der Waals surface area contributed by atoms with Crippen LogP contribution in [0.25, 0.3) is 32.8 Å². The number of nitrogens with zero attached hydrogens (tertiary/aromatic N) is 5. The molecule has 1 amide bonds. The van der Waals surface area contributed by atoms with Crippen LogP contribution in [0.15, 0.2) is 53.3 Å². The number of hydrogen-bond acceptors (Lipinski definition) is 6. The predicted molar refractivity (Wildman–Crippen MR) is 184 cm³/mol. The van der Waals surface area contributed by atoms with E-state index >= 15 is 0 Å². The molecule has 4 heterocycles. The fraction of sp³-hybridized carbons (Fsp3) is 0.486. The predicted octanol–water partition coefficient (Wildman–Crippen LogP) is 6.51. The molecule has 3 fully saturated rings. The van der Waals surface area contributed by atoms with Crippen LogP contribution in [-0.2, 0) is 4.79 Å². The highest BCUT2D eigenvalue weighted by Crippen LogP contribution is 2.48. The molecular formula is C37H42ClN5O3. The van der Waals surface area contributed by atoms with Crippen LogP contribution in [0.3, 0.4) is 0 Å². The Labute approximate surface area is 274 Å². The summed E-state index contributed by atoms with van der Waals surface area (Å²) in [4.78, 5) is 38.1. The summed E-state index contributed by atoms with van der Waals surface area (Å²) >= 11 is 7.23. The van der Waals surface area contributed by atoms with Crippen LogP contribution in [0.1, 0.15) is 58.9 Å². The monoisotopic (exact) mass is 639 g/mol. The van der Waals surface area contributed by atoms with Crippen LogP contribution >= 0.6 is 11.6 Å². The third kappa shape index (κ3) is 4.87. The highest BCUT2D eigenvalue weighted by atomic mass is 35.5. The Balaban J connectivity index is 1.25. The van der Waals surface area contributed by atoms with Crippen molar-refractivity contribution in [3.63, 3.8) is 0 Å². The molecule has 1 saturated carbocycles. The number of rotatable bonds is 6. The molecule has 240 valence electrons. The number of carbonyl (C=O) groups is 1. The number of carbonyl (C=O) groups excluding carboxylic acids is 1. The van der Waals surface area contributed by atoms with Crippen LogP contribution in [0.5, 0.6) is 5.75 Å². The van der Waals surface area contributed by atoms with E-state index in [4.69, 9.17) is 21.3 Å². The number of aromatic nitrogens is 2. The van der Waals surface area contributed by atoms with Crippen molar-refractivity contribution in [2.45, 2.75) is 77.0 Å². The number of anilines is 1. The van der Waals surface area contributed by atoms with E-state index in [0.717, 1.165) is 64.1 Å². The van der Waals surface area contributed by atoms with Crippen LogP contribution in [0.2, 0.25) is 5.02 Å². The summed E-state index contributed by atoms with van der Waals surface area (Å²) in [6, 6.07) is 17.1. The van der Waals surface area contributed by atoms with Gasteiger partial charge in [0.15, 0.2) is 5.75 Å². The van der Waals surface area contributed by atoms with Crippen LogP contribution in [0.4, 0.5) is 5.82 Å².